The molecule has 154 valence electrons. The summed E-state index contributed by atoms with van der Waals surface area (Å²) < 4.78 is 10.2. The number of hydrogen-bond donors (Lipinski definition) is 2. The maximum Gasteiger partial charge on any atom is 0.340 e. The highest BCUT2D eigenvalue weighted by atomic mass is 16.5. The third-order valence-corrected chi connectivity index (χ3v) is 5.53. The fourth-order valence-electron chi connectivity index (χ4n) is 3.60. The van der Waals surface area contributed by atoms with Gasteiger partial charge in [0, 0.05) is 6.04 Å². The van der Waals surface area contributed by atoms with Crippen LogP contribution < -0.4 is 10.6 Å². The lowest BCUT2D eigenvalue weighted by molar-refractivity contribution is -0.125. The highest BCUT2D eigenvalue weighted by molar-refractivity contribution is 6.06. The van der Waals surface area contributed by atoms with Crippen molar-refractivity contribution in [2.24, 2.45) is 11.8 Å². The monoisotopic (exact) mass is 398 g/mol. The van der Waals surface area contributed by atoms with Crippen molar-refractivity contribution in [3.8, 4) is 0 Å². The summed E-state index contributed by atoms with van der Waals surface area (Å²) in [5, 5.41) is 5.60. The first-order valence-electron chi connectivity index (χ1n) is 9.86. The van der Waals surface area contributed by atoms with Gasteiger partial charge in [-0.2, -0.15) is 0 Å². The molecule has 2 amide bonds. The van der Waals surface area contributed by atoms with E-state index in [0.29, 0.717) is 11.8 Å². The van der Waals surface area contributed by atoms with Gasteiger partial charge in [-0.15, -0.1) is 0 Å². The summed E-state index contributed by atoms with van der Waals surface area (Å²) in [6.45, 7) is 3.96. The number of furan rings is 1. The molecule has 2 N–H and O–H groups in total. The van der Waals surface area contributed by atoms with Crippen LogP contribution in [-0.2, 0) is 9.53 Å². The molecule has 0 saturated heterocycles. The van der Waals surface area contributed by atoms with Crippen LogP contribution in [-0.4, -0.2) is 30.4 Å². The van der Waals surface area contributed by atoms with Gasteiger partial charge in [0.2, 0.25) is 0 Å². The second-order valence-electron chi connectivity index (χ2n) is 7.49. The SMILES string of the molecule is C[C@H]1[C@@H](NC(=O)COC(=O)c2ccccc2NC(=O)c2ccco2)CCC[C@@H]1C. The van der Waals surface area contributed by atoms with Gasteiger partial charge < -0.3 is 19.8 Å². The zero-order valence-electron chi connectivity index (χ0n) is 16.6. The van der Waals surface area contributed by atoms with Gasteiger partial charge in [-0.25, -0.2) is 4.79 Å². The number of rotatable bonds is 6. The van der Waals surface area contributed by atoms with Crippen LogP contribution >= 0.6 is 0 Å². The molecule has 0 bridgehead atoms. The highest BCUT2D eigenvalue weighted by Crippen LogP contribution is 2.29. The van der Waals surface area contributed by atoms with Crippen molar-refractivity contribution in [3.05, 3.63) is 54.0 Å². The van der Waals surface area contributed by atoms with E-state index < -0.39 is 11.9 Å². The summed E-state index contributed by atoms with van der Waals surface area (Å²) in [5.74, 6) is -0.402. The average molecular weight is 398 g/mol. The van der Waals surface area contributed by atoms with E-state index in [1.54, 1.807) is 24.3 Å². The smallest absolute Gasteiger partial charge is 0.340 e. The number of carbonyl (C=O) groups is 3. The molecular formula is C22H26N2O5. The second-order valence-corrected chi connectivity index (χ2v) is 7.49. The molecule has 1 aliphatic carbocycles. The van der Waals surface area contributed by atoms with E-state index in [1.807, 2.05) is 0 Å². The Bertz CT molecular complexity index is 862. The maximum atomic E-state index is 12.5. The predicted octanol–water partition coefficient (Wildman–Crippen LogP) is 3.63. The Kier molecular flexibility index (Phi) is 6.69. The van der Waals surface area contributed by atoms with Crippen molar-refractivity contribution < 1.29 is 23.5 Å². The molecule has 3 atom stereocenters. The predicted molar refractivity (Wildman–Crippen MR) is 107 cm³/mol. The van der Waals surface area contributed by atoms with E-state index >= 15 is 0 Å². The summed E-state index contributed by atoms with van der Waals surface area (Å²) in [7, 11) is 0. The Hall–Kier alpha value is -3.09. The number of benzene rings is 1. The molecule has 1 saturated carbocycles. The third-order valence-electron chi connectivity index (χ3n) is 5.53. The number of nitrogens with one attached hydrogen (secondary N) is 2. The molecule has 1 aromatic carbocycles. The lowest BCUT2D eigenvalue weighted by atomic mass is 9.78. The van der Waals surface area contributed by atoms with Crippen LogP contribution in [0.25, 0.3) is 0 Å². The highest BCUT2D eigenvalue weighted by Gasteiger charge is 2.28. The third kappa shape index (κ3) is 5.25. The van der Waals surface area contributed by atoms with Gasteiger partial charge in [-0.05, 0) is 42.5 Å². The normalized spacial score (nSPS) is 21.2. The van der Waals surface area contributed by atoms with E-state index in [4.69, 9.17) is 9.15 Å². The van der Waals surface area contributed by atoms with E-state index in [2.05, 4.69) is 24.5 Å². The van der Waals surface area contributed by atoms with Crippen LogP contribution in [0.2, 0.25) is 0 Å². The molecule has 1 aromatic heterocycles. The van der Waals surface area contributed by atoms with Crippen LogP contribution in [0, 0.1) is 11.8 Å². The summed E-state index contributed by atoms with van der Waals surface area (Å²) >= 11 is 0. The number of esters is 1. The molecule has 3 rings (SSSR count). The Morgan fingerprint density at radius 3 is 2.66 bits per heavy atom. The van der Waals surface area contributed by atoms with Crippen molar-refractivity contribution in [2.45, 2.75) is 39.2 Å². The van der Waals surface area contributed by atoms with Gasteiger partial charge in [-0.1, -0.05) is 38.8 Å². The zero-order valence-corrected chi connectivity index (χ0v) is 16.6. The summed E-state index contributed by atoms with van der Waals surface area (Å²) in [6, 6.07) is 9.68. The first kappa shape index (κ1) is 20.6. The largest absolute Gasteiger partial charge is 0.459 e. The van der Waals surface area contributed by atoms with Gasteiger partial charge in [0.15, 0.2) is 12.4 Å². The molecule has 0 spiro atoms. The molecule has 1 heterocycles. The maximum absolute atomic E-state index is 12.5. The fraction of sp³-hybridized carbons (Fsp3) is 0.409. The number of hydrogen-bond acceptors (Lipinski definition) is 5. The van der Waals surface area contributed by atoms with Gasteiger partial charge >= 0.3 is 5.97 Å². The number of carbonyl (C=O) groups excluding carboxylic acids is 3. The van der Waals surface area contributed by atoms with Crippen molar-refractivity contribution >= 4 is 23.5 Å². The van der Waals surface area contributed by atoms with E-state index in [9.17, 15) is 14.4 Å². The Morgan fingerprint density at radius 2 is 1.90 bits per heavy atom. The van der Waals surface area contributed by atoms with Crippen molar-refractivity contribution in [1.82, 2.24) is 5.32 Å². The minimum absolute atomic E-state index is 0.102. The molecule has 7 heteroatoms. The molecule has 0 aliphatic heterocycles. The first-order valence-corrected chi connectivity index (χ1v) is 9.86. The molecule has 1 aliphatic rings. The second kappa shape index (κ2) is 9.41. The van der Waals surface area contributed by atoms with Crippen LogP contribution in [0.5, 0.6) is 0 Å². The van der Waals surface area contributed by atoms with Gasteiger partial charge in [-0.3, -0.25) is 9.59 Å². The van der Waals surface area contributed by atoms with Gasteiger partial charge in [0.25, 0.3) is 11.8 Å². The van der Waals surface area contributed by atoms with Crippen molar-refractivity contribution in [3.63, 3.8) is 0 Å². The summed E-state index contributed by atoms with van der Waals surface area (Å²) in [5.41, 5.74) is 0.453. The van der Waals surface area contributed by atoms with Gasteiger partial charge in [0.1, 0.15) is 0 Å². The Balaban J connectivity index is 1.57. The summed E-state index contributed by atoms with van der Waals surface area (Å²) in [4.78, 5) is 36.9. The Labute approximate surface area is 169 Å². The molecule has 29 heavy (non-hydrogen) atoms. The number of anilines is 1. The van der Waals surface area contributed by atoms with Crippen LogP contribution in [0.3, 0.4) is 0 Å². The Morgan fingerprint density at radius 1 is 1.10 bits per heavy atom. The number of para-hydroxylation sites is 1. The van der Waals surface area contributed by atoms with E-state index in [-0.39, 0.29) is 35.6 Å². The lowest BCUT2D eigenvalue weighted by Gasteiger charge is -2.34. The number of amides is 2. The molecule has 0 radical (unpaired) electrons. The molecule has 0 unspecified atom stereocenters. The first-order chi connectivity index (χ1) is 14.0. The fourth-order valence-corrected chi connectivity index (χ4v) is 3.60. The lowest BCUT2D eigenvalue weighted by Crippen LogP contribution is -2.45. The topological polar surface area (TPSA) is 97.6 Å². The average Bonchev–Trinajstić information content (AvgIpc) is 3.25. The van der Waals surface area contributed by atoms with Crippen LogP contribution in [0.15, 0.2) is 47.1 Å². The minimum Gasteiger partial charge on any atom is -0.459 e. The molecule has 2 aromatic rings. The minimum atomic E-state index is -0.680. The van der Waals surface area contributed by atoms with Crippen LogP contribution in [0.4, 0.5) is 5.69 Å². The zero-order chi connectivity index (χ0) is 20.8. The van der Waals surface area contributed by atoms with Crippen molar-refractivity contribution in [1.29, 1.82) is 0 Å². The quantitative estimate of drug-likeness (QED) is 0.724. The summed E-state index contributed by atoms with van der Waals surface area (Å²) in [6.07, 6.45) is 4.58. The molecule has 7 nitrogen and oxygen atoms in total. The van der Waals surface area contributed by atoms with E-state index in [1.165, 1.54) is 24.8 Å². The van der Waals surface area contributed by atoms with Crippen molar-refractivity contribution in [2.75, 3.05) is 11.9 Å². The molecule has 1 fully saturated rings. The van der Waals surface area contributed by atoms with Gasteiger partial charge in [0.05, 0.1) is 17.5 Å². The standard InChI is InChI=1S/C22H26N2O5/c1-14-7-5-10-17(15(14)2)23-20(25)13-29-22(27)16-8-3-4-9-18(16)24-21(26)19-11-6-12-28-19/h3-4,6,8-9,11-12,14-15,17H,5,7,10,13H2,1-2H3,(H,23,25)(H,24,26)/t14-,15+,17-/m0/s1. The van der Waals surface area contributed by atoms with Crippen LogP contribution in [0.1, 0.15) is 54.0 Å². The molecular weight excluding hydrogens is 372 g/mol. The number of ether oxygens (including phenoxy) is 1. The van der Waals surface area contributed by atoms with E-state index in [0.717, 1.165) is 12.8 Å².